The highest BCUT2D eigenvalue weighted by Crippen LogP contribution is 2.62. The molecular weight excluding hydrogens is 220 g/mol. The second-order valence-corrected chi connectivity index (χ2v) is 7.84. The van der Waals surface area contributed by atoms with Crippen LogP contribution < -0.4 is 0 Å². The largest absolute Gasteiger partial charge is 0.480 e. The Hall–Kier alpha value is -0.180. The van der Waals surface area contributed by atoms with Crippen LogP contribution in [0.5, 0.6) is 0 Å². The van der Waals surface area contributed by atoms with E-state index in [9.17, 15) is 9.90 Å². The Balaban J connectivity index is 2.02. The van der Waals surface area contributed by atoms with Crippen LogP contribution in [-0.4, -0.2) is 21.1 Å². The highest BCUT2D eigenvalue weighted by Gasteiger charge is 2.59. The van der Waals surface area contributed by atoms with Crippen molar-refractivity contribution in [1.82, 2.24) is 0 Å². The Labute approximate surface area is 102 Å². The van der Waals surface area contributed by atoms with Gasteiger partial charge in [0.15, 0.2) is 0 Å². The maximum atomic E-state index is 11.4. The van der Waals surface area contributed by atoms with Gasteiger partial charge in [0.05, 0.1) is 0 Å². The SMILES string of the molecule is CC(C)SC1(C(=O)O)CC2(CCCCC2)C1. The van der Waals surface area contributed by atoms with Crippen molar-refractivity contribution in [2.45, 2.75) is 68.8 Å². The molecule has 2 saturated carbocycles. The molecule has 92 valence electrons. The van der Waals surface area contributed by atoms with Crippen LogP contribution in [0.4, 0.5) is 0 Å². The second kappa shape index (κ2) is 4.25. The van der Waals surface area contributed by atoms with Crippen LogP contribution in [0.3, 0.4) is 0 Å². The molecule has 0 aliphatic heterocycles. The van der Waals surface area contributed by atoms with Crippen molar-refractivity contribution >= 4 is 17.7 Å². The molecular formula is C13H22O2S. The number of carboxylic acids is 1. The zero-order valence-corrected chi connectivity index (χ0v) is 11.1. The summed E-state index contributed by atoms with van der Waals surface area (Å²) in [6.45, 7) is 4.20. The Bertz CT molecular complexity index is 272. The number of thioether (sulfide) groups is 1. The van der Waals surface area contributed by atoms with Gasteiger partial charge in [-0.1, -0.05) is 33.1 Å². The van der Waals surface area contributed by atoms with Crippen LogP contribution in [0.2, 0.25) is 0 Å². The molecule has 0 aromatic carbocycles. The van der Waals surface area contributed by atoms with E-state index < -0.39 is 10.7 Å². The highest BCUT2D eigenvalue weighted by molar-refractivity contribution is 8.02. The Morgan fingerprint density at radius 3 is 2.19 bits per heavy atom. The van der Waals surface area contributed by atoms with E-state index in [0.29, 0.717) is 10.7 Å². The Morgan fingerprint density at radius 2 is 1.75 bits per heavy atom. The van der Waals surface area contributed by atoms with E-state index in [0.717, 1.165) is 12.8 Å². The maximum Gasteiger partial charge on any atom is 0.319 e. The van der Waals surface area contributed by atoms with Gasteiger partial charge in [-0.2, -0.15) is 0 Å². The summed E-state index contributed by atoms with van der Waals surface area (Å²) < 4.78 is -0.453. The molecule has 0 amide bonds. The normalized spacial score (nSPS) is 26.7. The van der Waals surface area contributed by atoms with E-state index in [2.05, 4.69) is 13.8 Å². The molecule has 1 N–H and O–H groups in total. The topological polar surface area (TPSA) is 37.3 Å². The first-order valence-corrected chi connectivity index (χ1v) is 7.27. The monoisotopic (exact) mass is 242 g/mol. The molecule has 3 heteroatoms. The summed E-state index contributed by atoms with van der Waals surface area (Å²) in [6.07, 6.45) is 8.32. The molecule has 2 aliphatic rings. The summed E-state index contributed by atoms with van der Waals surface area (Å²) >= 11 is 1.66. The van der Waals surface area contributed by atoms with Gasteiger partial charge in [-0.3, -0.25) is 4.79 Å². The summed E-state index contributed by atoms with van der Waals surface area (Å²) in [6, 6.07) is 0. The molecule has 0 atom stereocenters. The van der Waals surface area contributed by atoms with Gasteiger partial charge in [0, 0.05) is 5.25 Å². The standard InChI is InChI=1S/C13H22O2S/c1-10(2)16-13(11(14)15)8-12(9-13)6-4-3-5-7-12/h10H,3-9H2,1-2H3,(H,14,15). The van der Waals surface area contributed by atoms with Gasteiger partial charge >= 0.3 is 5.97 Å². The van der Waals surface area contributed by atoms with Gasteiger partial charge in [-0.25, -0.2) is 0 Å². The minimum atomic E-state index is -0.581. The second-order valence-electron chi connectivity index (χ2n) is 5.88. The lowest BCUT2D eigenvalue weighted by molar-refractivity contribution is -0.147. The van der Waals surface area contributed by atoms with Gasteiger partial charge in [0.25, 0.3) is 0 Å². The zero-order chi connectivity index (χ0) is 11.8. The zero-order valence-electron chi connectivity index (χ0n) is 10.3. The predicted octanol–water partition coefficient (Wildman–Crippen LogP) is 3.70. The molecule has 1 spiro atoms. The van der Waals surface area contributed by atoms with Crippen molar-refractivity contribution in [2.75, 3.05) is 0 Å². The Kier molecular flexibility index (Phi) is 3.26. The lowest BCUT2D eigenvalue weighted by atomic mass is 9.55. The molecule has 2 aliphatic carbocycles. The van der Waals surface area contributed by atoms with E-state index in [-0.39, 0.29) is 0 Å². The van der Waals surface area contributed by atoms with Gasteiger partial charge in [-0.15, -0.1) is 11.8 Å². The average molecular weight is 242 g/mol. The minimum absolute atomic E-state index is 0.401. The average Bonchev–Trinajstić information content (AvgIpc) is 2.15. The lowest BCUT2D eigenvalue weighted by Gasteiger charge is -2.56. The molecule has 2 rings (SSSR count). The van der Waals surface area contributed by atoms with Gasteiger partial charge in [0.1, 0.15) is 4.75 Å². The molecule has 0 bridgehead atoms. The van der Waals surface area contributed by atoms with Crippen LogP contribution >= 0.6 is 11.8 Å². The Morgan fingerprint density at radius 1 is 1.19 bits per heavy atom. The smallest absolute Gasteiger partial charge is 0.319 e. The summed E-state index contributed by atoms with van der Waals surface area (Å²) in [5, 5.41) is 9.84. The van der Waals surface area contributed by atoms with Crippen LogP contribution in [0.1, 0.15) is 58.8 Å². The fraction of sp³-hybridized carbons (Fsp3) is 0.923. The number of rotatable bonds is 3. The minimum Gasteiger partial charge on any atom is -0.480 e. The van der Waals surface area contributed by atoms with E-state index in [1.807, 2.05) is 0 Å². The molecule has 0 radical (unpaired) electrons. The molecule has 0 aromatic heterocycles. The molecule has 0 heterocycles. The van der Waals surface area contributed by atoms with Crippen LogP contribution in [0.15, 0.2) is 0 Å². The van der Waals surface area contributed by atoms with Crippen molar-refractivity contribution in [3.05, 3.63) is 0 Å². The number of aliphatic carboxylic acids is 1. The van der Waals surface area contributed by atoms with Crippen LogP contribution in [-0.2, 0) is 4.79 Å². The third kappa shape index (κ3) is 2.11. The first kappa shape index (κ1) is 12.3. The van der Waals surface area contributed by atoms with Gasteiger partial charge in [-0.05, 0) is 31.1 Å². The van der Waals surface area contributed by atoms with Gasteiger partial charge in [0.2, 0.25) is 0 Å². The molecule has 2 fully saturated rings. The van der Waals surface area contributed by atoms with E-state index in [1.54, 1.807) is 11.8 Å². The fourth-order valence-corrected chi connectivity index (χ4v) is 5.33. The van der Waals surface area contributed by atoms with E-state index in [4.69, 9.17) is 0 Å². The third-order valence-electron chi connectivity index (χ3n) is 4.09. The van der Waals surface area contributed by atoms with Crippen LogP contribution in [0, 0.1) is 5.41 Å². The molecule has 2 nitrogen and oxygen atoms in total. The molecule has 0 saturated heterocycles. The van der Waals surface area contributed by atoms with Crippen LogP contribution in [0.25, 0.3) is 0 Å². The van der Waals surface area contributed by atoms with Crippen molar-refractivity contribution in [2.24, 2.45) is 5.41 Å². The number of carbonyl (C=O) groups is 1. The summed E-state index contributed by atoms with van der Waals surface area (Å²) in [4.78, 5) is 11.4. The van der Waals surface area contributed by atoms with E-state index in [1.165, 1.54) is 32.1 Å². The van der Waals surface area contributed by atoms with Crippen molar-refractivity contribution in [3.63, 3.8) is 0 Å². The predicted molar refractivity (Wildman–Crippen MR) is 67.8 cm³/mol. The lowest BCUT2D eigenvalue weighted by Crippen LogP contribution is -2.55. The summed E-state index contributed by atoms with van der Waals surface area (Å²) in [5.41, 5.74) is 0.401. The maximum absolute atomic E-state index is 11.4. The first-order valence-electron chi connectivity index (χ1n) is 6.39. The third-order valence-corrected chi connectivity index (χ3v) is 5.47. The molecule has 16 heavy (non-hydrogen) atoms. The quantitative estimate of drug-likeness (QED) is 0.820. The van der Waals surface area contributed by atoms with Gasteiger partial charge < -0.3 is 5.11 Å². The van der Waals surface area contributed by atoms with Crippen molar-refractivity contribution in [1.29, 1.82) is 0 Å². The number of carboxylic acid groups (broad SMARTS) is 1. The summed E-state index contributed by atoms with van der Waals surface area (Å²) in [7, 11) is 0. The highest BCUT2D eigenvalue weighted by atomic mass is 32.2. The number of hydrogen-bond donors (Lipinski definition) is 1. The fourth-order valence-electron chi connectivity index (χ4n) is 3.55. The van der Waals surface area contributed by atoms with E-state index >= 15 is 0 Å². The molecule has 0 unspecified atom stereocenters. The summed E-state index contributed by atoms with van der Waals surface area (Å²) in [5.74, 6) is -0.581. The van der Waals surface area contributed by atoms with Crippen molar-refractivity contribution < 1.29 is 9.90 Å². The van der Waals surface area contributed by atoms with Crippen molar-refractivity contribution in [3.8, 4) is 0 Å². The first-order chi connectivity index (χ1) is 7.48. The number of hydrogen-bond acceptors (Lipinski definition) is 2. The molecule has 0 aromatic rings.